The first-order valence-electron chi connectivity index (χ1n) is 5.01. The molecular weight excluding hydrogens is 208 g/mol. The van der Waals surface area contributed by atoms with Crippen LogP contribution in [0.25, 0.3) is 0 Å². The molecular formula is C10H24N2O2Si. The van der Waals surface area contributed by atoms with E-state index in [0.717, 1.165) is 5.57 Å². The molecule has 0 aromatic carbocycles. The van der Waals surface area contributed by atoms with E-state index >= 15 is 0 Å². The van der Waals surface area contributed by atoms with Gasteiger partial charge >= 0.3 is 8.64 Å². The molecule has 0 radical (unpaired) electrons. The minimum atomic E-state index is -2.07. The highest BCUT2D eigenvalue weighted by Crippen LogP contribution is 2.18. The van der Waals surface area contributed by atoms with Gasteiger partial charge in [0.25, 0.3) is 5.95 Å². The second-order valence-corrected chi connectivity index (χ2v) is 8.18. The quantitative estimate of drug-likeness (QED) is 0.531. The average Bonchev–Trinajstić information content (AvgIpc) is 2.12. The largest absolute Gasteiger partial charge is 0.491 e. The van der Waals surface area contributed by atoms with Crippen molar-refractivity contribution in [3.63, 3.8) is 0 Å². The second kappa shape index (κ2) is 5.53. The molecule has 0 aliphatic carbocycles. The van der Waals surface area contributed by atoms with E-state index in [2.05, 4.69) is 15.7 Å². The van der Waals surface area contributed by atoms with Crippen molar-refractivity contribution in [1.82, 2.24) is 9.13 Å². The van der Waals surface area contributed by atoms with E-state index in [-0.39, 0.29) is 0 Å². The minimum absolute atomic E-state index is 0.631. The molecule has 0 unspecified atom stereocenters. The fraction of sp³-hybridized carbons (Fsp3) is 0.800. The molecule has 0 atom stereocenters. The Kier molecular flexibility index (Phi) is 5.34. The van der Waals surface area contributed by atoms with Gasteiger partial charge in [-0.05, 0) is 48.6 Å². The van der Waals surface area contributed by atoms with Crippen LogP contribution in [0.15, 0.2) is 11.5 Å². The molecule has 5 heteroatoms. The summed E-state index contributed by atoms with van der Waals surface area (Å²) in [6.07, 6.45) is 0. The van der Waals surface area contributed by atoms with Crippen molar-refractivity contribution in [1.29, 1.82) is 0 Å². The van der Waals surface area contributed by atoms with Crippen molar-refractivity contribution < 1.29 is 9.16 Å². The molecule has 0 heterocycles. The highest BCUT2D eigenvalue weighted by molar-refractivity contribution is 6.66. The Morgan fingerprint density at radius 3 is 1.60 bits per heavy atom. The van der Waals surface area contributed by atoms with E-state index in [1.54, 1.807) is 7.11 Å². The van der Waals surface area contributed by atoms with Crippen molar-refractivity contribution in [3.05, 3.63) is 11.5 Å². The van der Waals surface area contributed by atoms with Gasteiger partial charge in [-0.3, -0.25) is 9.13 Å². The number of methoxy groups -OCH3 is 1. The first kappa shape index (κ1) is 14.5. The van der Waals surface area contributed by atoms with E-state index in [4.69, 9.17) is 9.16 Å². The Morgan fingerprint density at radius 2 is 1.40 bits per heavy atom. The van der Waals surface area contributed by atoms with Gasteiger partial charge in [-0.15, -0.1) is 0 Å². The lowest BCUT2D eigenvalue weighted by atomic mass is 10.4. The van der Waals surface area contributed by atoms with Crippen LogP contribution in [0.3, 0.4) is 0 Å². The monoisotopic (exact) mass is 232 g/mol. The summed E-state index contributed by atoms with van der Waals surface area (Å²) in [5.41, 5.74) is 1.06. The molecule has 0 bridgehead atoms. The molecule has 0 aliphatic rings. The number of rotatable bonds is 5. The van der Waals surface area contributed by atoms with Crippen molar-refractivity contribution in [2.24, 2.45) is 0 Å². The Balaban J connectivity index is 4.93. The summed E-state index contributed by atoms with van der Waals surface area (Å²) in [7, 11) is 7.70. The Hall–Kier alpha value is -0.523. The Labute approximate surface area is 94.7 Å². The van der Waals surface area contributed by atoms with Gasteiger partial charge in [0.2, 0.25) is 0 Å². The lowest BCUT2D eigenvalue weighted by Crippen LogP contribution is -2.60. The first-order chi connectivity index (χ1) is 6.75. The van der Waals surface area contributed by atoms with Crippen LogP contribution >= 0.6 is 0 Å². The molecule has 4 nitrogen and oxygen atoms in total. The molecule has 0 aromatic rings. The van der Waals surface area contributed by atoms with Gasteiger partial charge in [0, 0.05) is 5.57 Å². The molecule has 0 N–H and O–H groups in total. The van der Waals surface area contributed by atoms with Crippen molar-refractivity contribution in [3.8, 4) is 0 Å². The van der Waals surface area contributed by atoms with Crippen molar-refractivity contribution >= 4 is 8.64 Å². The van der Waals surface area contributed by atoms with Crippen LogP contribution in [0.5, 0.6) is 0 Å². The summed E-state index contributed by atoms with van der Waals surface area (Å²) in [4.78, 5) is 0. The molecule has 0 aliphatic heterocycles. The molecule has 0 saturated heterocycles. The molecule has 0 fully saturated rings. The summed E-state index contributed by atoms with van der Waals surface area (Å²) >= 11 is 0. The van der Waals surface area contributed by atoms with Gasteiger partial charge in [-0.1, -0.05) is 0 Å². The van der Waals surface area contributed by atoms with Crippen LogP contribution in [0.4, 0.5) is 0 Å². The predicted molar refractivity (Wildman–Crippen MR) is 65.5 cm³/mol. The van der Waals surface area contributed by atoms with Crippen LogP contribution in [0.1, 0.15) is 13.8 Å². The Morgan fingerprint density at radius 1 is 1.00 bits per heavy atom. The van der Waals surface area contributed by atoms with Crippen molar-refractivity contribution in [2.75, 3.05) is 35.3 Å². The van der Waals surface area contributed by atoms with Gasteiger partial charge in [0.05, 0.1) is 7.11 Å². The number of hydrogen-bond acceptors (Lipinski definition) is 4. The van der Waals surface area contributed by atoms with Gasteiger partial charge in [-0.25, -0.2) is 0 Å². The summed E-state index contributed by atoms with van der Waals surface area (Å²) in [6, 6.07) is 0. The van der Waals surface area contributed by atoms with Crippen LogP contribution < -0.4 is 0 Å². The number of nitrogens with zero attached hydrogens (tertiary/aromatic N) is 2. The molecule has 0 amide bonds. The van der Waals surface area contributed by atoms with E-state index in [1.165, 1.54) is 0 Å². The maximum atomic E-state index is 6.02. The molecule has 0 saturated carbocycles. The third-order valence-electron chi connectivity index (χ3n) is 2.54. The second-order valence-electron chi connectivity index (χ2n) is 4.32. The van der Waals surface area contributed by atoms with E-state index in [0.29, 0.717) is 5.95 Å². The van der Waals surface area contributed by atoms with Crippen LogP contribution in [-0.2, 0) is 9.16 Å². The van der Waals surface area contributed by atoms with Crippen molar-refractivity contribution in [2.45, 2.75) is 20.4 Å². The summed E-state index contributed by atoms with van der Waals surface area (Å²) in [5, 5.41) is 0. The highest BCUT2D eigenvalue weighted by atomic mass is 28.4. The van der Waals surface area contributed by atoms with Gasteiger partial charge < -0.3 is 9.16 Å². The van der Waals surface area contributed by atoms with E-state index in [9.17, 15) is 0 Å². The normalized spacial score (nSPS) is 11.9. The SMILES string of the molecule is COC(O[Si](C)(N(C)C)N(C)C)=C(C)C. The molecule has 0 spiro atoms. The van der Waals surface area contributed by atoms with Gasteiger partial charge in [0.1, 0.15) is 0 Å². The average molecular weight is 232 g/mol. The Bertz CT molecular complexity index is 228. The van der Waals surface area contributed by atoms with E-state index in [1.807, 2.05) is 42.0 Å². The molecule has 15 heavy (non-hydrogen) atoms. The lowest BCUT2D eigenvalue weighted by molar-refractivity contribution is 0.114. The maximum Gasteiger partial charge on any atom is 0.417 e. The van der Waals surface area contributed by atoms with Crippen LogP contribution in [0.2, 0.25) is 6.55 Å². The number of allylic oxidation sites excluding steroid dienone is 1. The van der Waals surface area contributed by atoms with Crippen LogP contribution in [0, 0.1) is 0 Å². The molecule has 0 aromatic heterocycles. The lowest BCUT2D eigenvalue weighted by Gasteiger charge is -2.38. The predicted octanol–water partition coefficient (Wildman–Crippen LogP) is 1.59. The summed E-state index contributed by atoms with van der Waals surface area (Å²) < 4.78 is 15.5. The third kappa shape index (κ3) is 3.51. The first-order valence-corrected chi connectivity index (χ1v) is 7.31. The number of hydrogen-bond donors (Lipinski definition) is 0. The zero-order valence-corrected chi connectivity index (χ0v) is 12.2. The minimum Gasteiger partial charge on any atom is -0.491 e. The zero-order chi connectivity index (χ0) is 12.2. The molecule has 90 valence electrons. The summed E-state index contributed by atoms with van der Waals surface area (Å²) in [5.74, 6) is 0.631. The highest BCUT2D eigenvalue weighted by Gasteiger charge is 2.39. The topological polar surface area (TPSA) is 24.9 Å². The van der Waals surface area contributed by atoms with E-state index < -0.39 is 8.64 Å². The fourth-order valence-corrected chi connectivity index (χ4v) is 2.91. The maximum absolute atomic E-state index is 6.02. The van der Waals surface area contributed by atoms with Crippen LogP contribution in [-0.4, -0.2) is 53.1 Å². The molecule has 0 rings (SSSR count). The number of ether oxygens (including phenoxy) is 1. The smallest absolute Gasteiger partial charge is 0.417 e. The van der Waals surface area contributed by atoms with Gasteiger partial charge in [-0.2, -0.15) is 0 Å². The zero-order valence-electron chi connectivity index (χ0n) is 11.2. The fourth-order valence-electron chi connectivity index (χ4n) is 1.11. The van der Waals surface area contributed by atoms with Gasteiger partial charge in [0.15, 0.2) is 0 Å². The summed E-state index contributed by atoms with van der Waals surface area (Å²) in [6.45, 7) is 6.10. The standard InChI is InChI=1S/C10H24N2O2Si/c1-9(2)10(13-7)14-15(8,11(3)4)12(5)6/h1-8H3. The third-order valence-corrected chi connectivity index (χ3v) is 6.43.